The molecule has 0 fully saturated rings. The second kappa shape index (κ2) is 50.2. The molecule has 6 heteroatoms. The molecule has 0 aromatic rings. The predicted octanol–water partition coefficient (Wildman–Crippen LogP) is 16.8. The van der Waals surface area contributed by atoms with Gasteiger partial charge in [-0.05, 0) is 109 Å². The molecule has 0 aliphatic carbocycles. The largest absolute Gasteiger partial charge is 0.462 e. The van der Waals surface area contributed by atoms with Gasteiger partial charge in [0.1, 0.15) is 13.2 Å². The van der Waals surface area contributed by atoms with Crippen LogP contribution in [0.5, 0.6) is 0 Å². The van der Waals surface area contributed by atoms with Crippen molar-refractivity contribution in [2.24, 2.45) is 0 Å². The zero-order valence-electron chi connectivity index (χ0n) is 40.4. The van der Waals surface area contributed by atoms with Crippen molar-refractivity contribution in [1.82, 2.24) is 0 Å². The summed E-state index contributed by atoms with van der Waals surface area (Å²) < 4.78 is 16.7. The van der Waals surface area contributed by atoms with Crippen LogP contribution in [0.15, 0.2) is 85.1 Å². The molecule has 0 aromatic carbocycles. The van der Waals surface area contributed by atoms with E-state index in [1.165, 1.54) is 83.5 Å². The van der Waals surface area contributed by atoms with Gasteiger partial charge in [-0.3, -0.25) is 14.4 Å². The van der Waals surface area contributed by atoms with E-state index in [1.807, 2.05) is 0 Å². The van der Waals surface area contributed by atoms with Crippen molar-refractivity contribution < 1.29 is 28.6 Å². The first-order valence-electron chi connectivity index (χ1n) is 25.6. The maximum absolute atomic E-state index is 12.8. The van der Waals surface area contributed by atoms with Crippen molar-refractivity contribution in [1.29, 1.82) is 0 Å². The van der Waals surface area contributed by atoms with Crippen molar-refractivity contribution in [3.63, 3.8) is 0 Å². The maximum atomic E-state index is 12.8. The molecule has 0 heterocycles. The molecule has 6 nitrogen and oxygen atoms in total. The molecule has 0 saturated carbocycles. The molecule has 1 atom stereocenters. The summed E-state index contributed by atoms with van der Waals surface area (Å²) in [5, 5.41) is 0. The van der Waals surface area contributed by atoms with Gasteiger partial charge in [-0.1, -0.05) is 189 Å². The van der Waals surface area contributed by atoms with E-state index < -0.39 is 6.10 Å². The lowest BCUT2D eigenvalue weighted by molar-refractivity contribution is -0.167. The third kappa shape index (κ3) is 47.6. The van der Waals surface area contributed by atoms with E-state index in [2.05, 4.69) is 106 Å². The molecule has 62 heavy (non-hydrogen) atoms. The van der Waals surface area contributed by atoms with Crippen molar-refractivity contribution >= 4 is 17.9 Å². The Morgan fingerprint density at radius 1 is 0.339 bits per heavy atom. The first-order chi connectivity index (χ1) is 30.5. The smallest absolute Gasteiger partial charge is 0.306 e. The monoisotopic (exact) mass is 863 g/mol. The Morgan fingerprint density at radius 3 is 1.08 bits per heavy atom. The molecular formula is C56H94O6. The van der Waals surface area contributed by atoms with Gasteiger partial charge in [0.2, 0.25) is 0 Å². The van der Waals surface area contributed by atoms with Crippen LogP contribution in [0.4, 0.5) is 0 Å². The predicted molar refractivity (Wildman–Crippen MR) is 265 cm³/mol. The van der Waals surface area contributed by atoms with Gasteiger partial charge >= 0.3 is 17.9 Å². The van der Waals surface area contributed by atoms with Gasteiger partial charge in [-0.25, -0.2) is 0 Å². The zero-order valence-corrected chi connectivity index (χ0v) is 40.4. The SMILES string of the molecule is CC/C=C\C/C=C\C/C=C\C/C=C\C/C=C\CCCC(=O)OC[C@@H](COC(=O)CCCCCCC/C=C\CCCCCC)OC(=O)CCCCCCC/C=C\CCCCCCC. The lowest BCUT2D eigenvalue weighted by Gasteiger charge is -2.18. The van der Waals surface area contributed by atoms with Gasteiger partial charge in [0.15, 0.2) is 6.10 Å². The fraction of sp³-hybridized carbons (Fsp3) is 0.696. The topological polar surface area (TPSA) is 78.9 Å². The van der Waals surface area contributed by atoms with E-state index in [0.29, 0.717) is 19.3 Å². The van der Waals surface area contributed by atoms with Crippen molar-refractivity contribution in [2.45, 2.75) is 239 Å². The highest BCUT2D eigenvalue weighted by Crippen LogP contribution is 2.13. The highest BCUT2D eigenvalue weighted by Gasteiger charge is 2.19. The fourth-order valence-corrected chi connectivity index (χ4v) is 6.76. The van der Waals surface area contributed by atoms with Crippen LogP contribution in [0.3, 0.4) is 0 Å². The average Bonchev–Trinajstić information content (AvgIpc) is 3.27. The average molecular weight is 863 g/mol. The number of carbonyl (C=O) groups is 3. The molecule has 0 saturated heterocycles. The number of esters is 3. The third-order valence-corrected chi connectivity index (χ3v) is 10.6. The molecule has 354 valence electrons. The fourth-order valence-electron chi connectivity index (χ4n) is 6.76. The standard InChI is InChI=1S/C56H94O6/c1-4-7-10-13-16-19-22-25-27-28-29-32-34-37-40-43-46-49-55(58)61-52-53(51-60-54(57)48-45-42-39-36-33-30-24-21-18-15-12-9-6-3)62-56(59)50-47-44-41-38-35-31-26-23-20-17-14-11-8-5-2/h7,10,16,19,21,23-27,29,32,37,40,53H,4-6,8-9,11-15,17-18,20,22,28,30-31,33-36,38-39,41-52H2,1-3H3/b10-7-,19-16-,24-21-,26-23-,27-25-,32-29-,40-37-/t53-/m1/s1. The molecule has 0 radical (unpaired) electrons. The summed E-state index contributed by atoms with van der Waals surface area (Å²) in [6, 6.07) is 0. The van der Waals surface area contributed by atoms with E-state index in [1.54, 1.807) is 0 Å². The van der Waals surface area contributed by atoms with Crippen molar-refractivity contribution in [3.8, 4) is 0 Å². The number of carbonyl (C=O) groups excluding carboxylic acids is 3. The minimum atomic E-state index is -0.806. The van der Waals surface area contributed by atoms with E-state index in [-0.39, 0.29) is 37.5 Å². The van der Waals surface area contributed by atoms with Crippen LogP contribution in [0.2, 0.25) is 0 Å². The number of hydrogen-bond donors (Lipinski definition) is 0. The number of rotatable bonds is 45. The number of ether oxygens (including phenoxy) is 3. The quantitative estimate of drug-likeness (QED) is 0.0263. The molecule has 0 aliphatic heterocycles. The summed E-state index contributed by atoms with van der Waals surface area (Å²) in [6.07, 6.45) is 64.2. The minimum Gasteiger partial charge on any atom is -0.462 e. The molecule has 0 aliphatic rings. The van der Waals surface area contributed by atoms with Gasteiger partial charge in [0.25, 0.3) is 0 Å². The number of allylic oxidation sites excluding steroid dienone is 14. The molecule has 0 aromatic heterocycles. The first kappa shape index (κ1) is 58.6. The molecule has 0 bridgehead atoms. The van der Waals surface area contributed by atoms with Gasteiger partial charge in [0, 0.05) is 19.3 Å². The van der Waals surface area contributed by atoms with Crippen LogP contribution in [0.1, 0.15) is 233 Å². The molecule has 0 spiro atoms. The first-order valence-corrected chi connectivity index (χ1v) is 25.6. The minimum absolute atomic E-state index is 0.102. The Labute approximate surface area is 382 Å². The van der Waals surface area contributed by atoms with Crippen LogP contribution in [0.25, 0.3) is 0 Å². The number of unbranched alkanes of at least 4 members (excludes halogenated alkanes) is 20. The van der Waals surface area contributed by atoms with Crippen LogP contribution in [-0.4, -0.2) is 37.2 Å². The highest BCUT2D eigenvalue weighted by molar-refractivity contribution is 5.71. The van der Waals surface area contributed by atoms with E-state index in [9.17, 15) is 14.4 Å². The Bertz CT molecular complexity index is 1220. The summed E-state index contributed by atoms with van der Waals surface area (Å²) in [7, 11) is 0. The van der Waals surface area contributed by atoms with Crippen molar-refractivity contribution in [3.05, 3.63) is 85.1 Å². The summed E-state index contributed by atoms with van der Waals surface area (Å²) >= 11 is 0. The molecule has 0 amide bonds. The molecule has 0 rings (SSSR count). The zero-order chi connectivity index (χ0) is 45.1. The second-order valence-electron chi connectivity index (χ2n) is 16.7. The van der Waals surface area contributed by atoms with Crippen LogP contribution in [-0.2, 0) is 28.6 Å². The van der Waals surface area contributed by atoms with Gasteiger partial charge in [-0.15, -0.1) is 0 Å². The lowest BCUT2D eigenvalue weighted by atomic mass is 10.1. The number of hydrogen-bond acceptors (Lipinski definition) is 6. The summed E-state index contributed by atoms with van der Waals surface area (Å²) in [5.74, 6) is -0.982. The highest BCUT2D eigenvalue weighted by atomic mass is 16.6. The summed E-state index contributed by atoms with van der Waals surface area (Å²) in [5.41, 5.74) is 0. The summed E-state index contributed by atoms with van der Waals surface area (Å²) in [4.78, 5) is 37.9. The van der Waals surface area contributed by atoms with E-state index in [4.69, 9.17) is 14.2 Å². The van der Waals surface area contributed by atoms with Crippen LogP contribution in [0, 0.1) is 0 Å². The van der Waals surface area contributed by atoms with Gasteiger partial charge in [0.05, 0.1) is 0 Å². The Hall–Kier alpha value is -3.41. The lowest BCUT2D eigenvalue weighted by Crippen LogP contribution is -2.30. The van der Waals surface area contributed by atoms with E-state index >= 15 is 0 Å². The second-order valence-corrected chi connectivity index (χ2v) is 16.7. The Morgan fingerprint density at radius 2 is 0.645 bits per heavy atom. The molecular weight excluding hydrogens is 769 g/mol. The van der Waals surface area contributed by atoms with Crippen LogP contribution >= 0.6 is 0 Å². The van der Waals surface area contributed by atoms with Crippen LogP contribution < -0.4 is 0 Å². The van der Waals surface area contributed by atoms with Gasteiger partial charge in [-0.2, -0.15) is 0 Å². The summed E-state index contributed by atoms with van der Waals surface area (Å²) in [6.45, 7) is 6.43. The normalized spacial score (nSPS) is 12.8. The Kier molecular flexibility index (Phi) is 47.5. The van der Waals surface area contributed by atoms with Gasteiger partial charge < -0.3 is 14.2 Å². The third-order valence-electron chi connectivity index (χ3n) is 10.6. The van der Waals surface area contributed by atoms with Crippen molar-refractivity contribution in [2.75, 3.05) is 13.2 Å². The Balaban J connectivity index is 4.50. The molecule has 0 unspecified atom stereocenters. The van der Waals surface area contributed by atoms with E-state index in [0.717, 1.165) is 103 Å². The molecule has 0 N–H and O–H groups in total. The maximum Gasteiger partial charge on any atom is 0.306 e.